The summed E-state index contributed by atoms with van der Waals surface area (Å²) < 4.78 is 19.7. The van der Waals surface area contributed by atoms with E-state index in [1.54, 1.807) is 19.1 Å². The minimum absolute atomic E-state index is 0.332. The molecule has 3 heteroatoms. The summed E-state index contributed by atoms with van der Waals surface area (Å²) in [7, 11) is 0. The van der Waals surface area contributed by atoms with E-state index in [0.29, 0.717) is 11.3 Å². The van der Waals surface area contributed by atoms with Crippen LogP contribution in [0.25, 0.3) is 0 Å². The van der Waals surface area contributed by atoms with Gasteiger partial charge in [0.15, 0.2) is 0 Å². The molecule has 0 fully saturated rings. The van der Waals surface area contributed by atoms with E-state index >= 15 is 0 Å². The van der Waals surface area contributed by atoms with Crippen molar-refractivity contribution < 1.29 is 9.13 Å². The lowest BCUT2D eigenvalue weighted by Crippen LogP contribution is -2.09. The molecule has 2 rings (SSSR count). The number of nitrogens with two attached hydrogens (primary N) is 1. The Hall–Kier alpha value is -1.87. The third-order valence-corrected chi connectivity index (χ3v) is 3.04. The summed E-state index contributed by atoms with van der Waals surface area (Å²) >= 11 is 0. The lowest BCUT2D eigenvalue weighted by atomic mass is 10.1. The average molecular weight is 259 g/mol. The number of para-hydroxylation sites is 1. The van der Waals surface area contributed by atoms with Crippen LogP contribution in [0.4, 0.5) is 4.39 Å². The summed E-state index contributed by atoms with van der Waals surface area (Å²) in [5, 5.41) is 0. The molecule has 0 saturated carbocycles. The van der Waals surface area contributed by atoms with Gasteiger partial charge in [-0.15, -0.1) is 0 Å². The number of halogens is 1. The molecule has 0 bridgehead atoms. The molecule has 0 heterocycles. The van der Waals surface area contributed by atoms with Gasteiger partial charge in [-0.25, -0.2) is 4.39 Å². The van der Waals surface area contributed by atoms with E-state index < -0.39 is 6.04 Å². The fourth-order valence-electron chi connectivity index (χ4n) is 2.06. The van der Waals surface area contributed by atoms with Gasteiger partial charge in [-0.3, -0.25) is 0 Å². The molecule has 19 heavy (non-hydrogen) atoms. The molecular formula is C16H18FNO. The Morgan fingerprint density at radius 2 is 1.79 bits per heavy atom. The summed E-state index contributed by atoms with van der Waals surface area (Å²) in [5.74, 6) is 0.898. The van der Waals surface area contributed by atoms with Crippen LogP contribution in [0.2, 0.25) is 0 Å². The van der Waals surface area contributed by atoms with Crippen molar-refractivity contribution in [2.24, 2.45) is 5.73 Å². The molecule has 2 N–H and O–H groups in total. The highest BCUT2D eigenvalue weighted by molar-refractivity contribution is 5.43. The quantitative estimate of drug-likeness (QED) is 0.893. The van der Waals surface area contributed by atoms with Crippen molar-refractivity contribution in [3.05, 3.63) is 59.4 Å². The van der Waals surface area contributed by atoms with Crippen LogP contribution in [-0.2, 0) is 6.42 Å². The van der Waals surface area contributed by atoms with Crippen molar-refractivity contribution in [1.29, 1.82) is 0 Å². The summed E-state index contributed by atoms with van der Waals surface area (Å²) in [6, 6.07) is 12.1. The van der Waals surface area contributed by atoms with E-state index in [1.165, 1.54) is 6.07 Å². The number of aryl methyl sites for hydroxylation is 1. The smallest absolute Gasteiger partial charge is 0.135 e. The first-order valence-corrected chi connectivity index (χ1v) is 6.43. The summed E-state index contributed by atoms with van der Waals surface area (Å²) in [5.41, 5.74) is 7.32. The minimum atomic E-state index is -0.412. The molecule has 0 saturated heterocycles. The van der Waals surface area contributed by atoms with Crippen molar-refractivity contribution in [3.63, 3.8) is 0 Å². The fourth-order valence-corrected chi connectivity index (χ4v) is 2.06. The predicted molar refractivity (Wildman–Crippen MR) is 74.9 cm³/mol. The lowest BCUT2D eigenvalue weighted by molar-refractivity contribution is 0.456. The Morgan fingerprint density at radius 1 is 1.11 bits per heavy atom. The van der Waals surface area contributed by atoms with E-state index in [4.69, 9.17) is 10.5 Å². The zero-order valence-electron chi connectivity index (χ0n) is 11.2. The molecule has 0 aromatic heterocycles. The van der Waals surface area contributed by atoms with Gasteiger partial charge in [0.25, 0.3) is 0 Å². The topological polar surface area (TPSA) is 35.2 Å². The standard InChI is InChI=1S/C16H18FNO/c1-3-12-7-4-5-9-14(12)19-15-10-6-8-13(17)16(15)11(2)18/h4-11H,3,18H2,1-2H3. The van der Waals surface area contributed by atoms with E-state index in [2.05, 4.69) is 6.92 Å². The second-order valence-electron chi connectivity index (χ2n) is 4.50. The van der Waals surface area contributed by atoms with Crippen molar-refractivity contribution in [2.45, 2.75) is 26.3 Å². The first-order chi connectivity index (χ1) is 9.13. The Kier molecular flexibility index (Phi) is 4.17. The zero-order chi connectivity index (χ0) is 13.8. The van der Waals surface area contributed by atoms with Crippen LogP contribution in [0.5, 0.6) is 11.5 Å². The molecule has 2 aromatic carbocycles. The molecule has 0 aliphatic rings. The van der Waals surface area contributed by atoms with Gasteiger partial charge in [0.05, 0.1) is 0 Å². The monoisotopic (exact) mass is 259 g/mol. The summed E-state index contributed by atoms with van der Waals surface area (Å²) in [4.78, 5) is 0. The number of hydrogen-bond donors (Lipinski definition) is 1. The Morgan fingerprint density at radius 3 is 2.47 bits per heavy atom. The molecule has 0 radical (unpaired) electrons. The second-order valence-corrected chi connectivity index (χ2v) is 4.50. The van der Waals surface area contributed by atoms with Crippen molar-refractivity contribution in [1.82, 2.24) is 0 Å². The summed E-state index contributed by atoms with van der Waals surface area (Å²) in [6.07, 6.45) is 0.860. The highest BCUT2D eigenvalue weighted by atomic mass is 19.1. The van der Waals surface area contributed by atoms with Gasteiger partial charge in [0, 0.05) is 11.6 Å². The van der Waals surface area contributed by atoms with Crippen molar-refractivity contribution in [3.8, 4) is 11.5 Å². The van der Waals surface area contributed by atoms with E-state index in [0.717, 1.165) is 17.7 Å². The van der Waals surface area contributed by atoms with E-state index in [-0.39, 0.29) is 5.82 Å². The maximum Gasteiger partial charge on any atom is 0.135 e. The fraction of sp³-hybridized carbons (Fsp3) is 0.250. The van der Waals surface area contributed by atoms with Gasteiger partial charge in [-0.05, 0) is 37.1 Å². The van der Waals surface area contributed by atoms with Crippen LogP contribution in [-0.4, -0.2) is 0 Å². The van der Waals surface area contributed by atoms with Gasteiger partial charge in [0.2, 0.25) is 0 Å². The largest absolute Gasteiger partial charge is 0.457 e. The zero-order valence-corrected chi connectivity index (χ0v) is 11.2. The first kappa shape index (κ1) is 13.6. The molecule has 2 aromatic rings. The number of hydrogen-bond acceptors (Lipinski definition) is 2. The van der Waals surface area contributed by atoms with Gasteiger partial charge >= 0.3 is 0 Å². The first-order valence-electron chi connectivity index (χ1n) is 6.43. The van der Waals surface area contributed by atoms with Gasteiger partial charge in [-0.1, -0.05) is 31.2 Å². The van der Waals surface area contributed by atoms with Crippen molar-refractivity contribution in [2.75, 3.05) is 0 Å². The minimum Gasteiger partial charge on any atom is -0.457 e. The summed E-state index contributed by atoms with van der Waals surface area (Å²) in [6.45, 7) is 3.80. The Bertz CT molecular complexity index is 566. The van der Waals surface area contributed by atoms with Crippen LogP contribution in [0.1, 0.15) is 31.0 Å². The van der Waals surface area contributed by atoms with Crippen LogP contribution in [0.15, 0.2) is 42.5 Å². The number of ether oxygens (including phenoxy) is 1. The molecule has 0 amide bonds. The molecule has 2 nitrogen and oxygen atoms in total. The second kappa shape index (κ2) is 5.85. The third-order valence-electron chi connectivity index (χ3n) is 3.04. The van der Waals surface area contributed by atoms with Gasteiger partial charge in [0.1, 0.15) is 17.3 Å². The number of rotatable bonds is 4. The van der Waals surface area contributed by atoms with Crippen LogP contribution >= 0.6 is 0 Å². The molecule has 0 aliphatic carbocycles. The maximum atomic E-state index is 13.8. The molecule has 0 aliphatic heterocycles. The van der Waals surface area contributed by atoms with Crippen LogP contribution in [0, 0.1) is 5.82 Å². The normalized spacial score (nSPS) is 12.2. The predicted octanol–water partition coefficient (Wildman–Crippen LogP) is 4.20. The third kappa shape index (κ3) is 2.93. The lowest BCUT2D eigenvalue weighted by Gasteiger charge is -2.16. The maximum absolute atomic E-state index is 13.8. The number of benzene rings is 2. The Balaban J connectivity index is 2.41. The average Bonchev–Trinajstić information content (AvgIpc) is 2.39. The molecular weight excluding hydrogens is 241 g/mol. The van der Waals surface area contributed by atoms with E-state index in [9.17, 15) is 4.39 Å². The van der Waals surface area contributed by atoms with Gasteiger partial charge in [-0.2, -0.15) is 0 Å². The SMILES string of the molecule is CCc1ccccc1Oc1cccc(F)c1C(C)N. The van der Waals surface area contributed by atoms with Crippen LogP contribution < -0.4 is 10.5 Å². The molecule has 1 unspecified atom stereocenters. The van der Waals surface area contributed by atoms with E-state index in [1.807, 2.05) is 24.3 Å². The van der Waals surface area contributed by atoms with Gasteiger partial charge < -0.3 is 10.5 Å². The molecule has 0 spiro atoms. The molecule has 100 valence electrons. The van der Waals surface area contributed by atoms with Crippen LogP contribution in [0.3, 0.4) is 0 Å². The molecule has 1 atom stereocenters. The van der Waals surface area contributed by atoms with Crippen molar-refractivity contribution >= 4 is 0 Å². The Labute approximate surface area is 113 Å². The highest BCUT2D eigenvalue weighted by Gasteiger charge is 2.15. The highest BCUT2D eigenvalue weighted by Crippen LogP contribution is 2.32.